The molecule has 0 aliphatic rings. The van der Waals surface area contributed by atoms with Gasteiger partial charge in [-0.15, -0.1) is 0 Å². The lowest BCUT2D eigenvalue weighted by Gasteiger charge is -2.15. The van der Waals surface area contributed by atoms with Crippen LogP contribution in [0, 0.1) is 5.92 Å². The first-order valence-corrected chi connectivity index (χ1v) is 7.63. The van der Waals surface area contributed by atoms with E-state index in [9.17, 15) is 0 Å². The van der Waals surface area contributed by atoms with Gasteiger partial charge in [0.1, 0.15) is 5.82 Å². The molecule has 0 saturated heterocycles. The van der Waals surface area contributed by atoms with Crippen LogP contribution in [0.1, 0.15) is 52.9 Å². The van der Waals surface area contributed by atoms with Gasteiger partial charge in [-0.3, -0.25) is 0 Å². The van der Waals surface area contributed by atoms with E-state index in [2.05, 4.69) is 31.1 Å². The summed E-state index contributed by atoms with van der Waals surface area (Å²) >= 11 is 0. The third-order valence-electron chi connectivity index (χ3n) is 3.29. The number of hydrogen-bond acceptors (Lipinski definition) is 3. The average Bonchev–Trinajstić information content (AvgIpc) is 2.46. The fourth-order valence-corrected chi connectivity index (χ4v) is 1.95. The SMILES string of the molecule is CCCCC(CC)COc1cccc(NCCC)n1. The van der Waals surface area contributed by atoms with Crippen LogP contribution in [0.4, 0.5) is 5.82 Å². The normalized spacial score (nSPS) is 12.2. The van der Waals surface area contributed by atoms with Gasteiger partial charge in [0.05, 0.1) is 6.61 Å². The minimum atomic E-state index is 0.647. The van der Waals surface area contributed by atoms with Crippen LogP contribution in [-0.2, 0) is 0 Å². The lowest BCUT2D eigenvalue weighted by Crippen LogP contribution is -2.12. The fourth-order valence-electron chi connectivity index (χ4n) is 1.95. The summed E-state index contributed by atoms with van der Waals surface area (Å²) in [6.45, 7) is 8.34. The third-order valence-corrected chi connectivity index (χ3v) is 3.29. The number of ether oxygens (including phenoxy) is 1. The Labute approximate surface area is 117 Å². The molecule has 0 aliphatic heterocycles. The van der Waals surface area contributed by atoms with E-state index in [0.29, 0.717) is 5.92 Å². The average molecular weight is 264 g/mol. The van der Waals surface area contributed by atoms with Crippen LogP contribution in [0.15, 0.2) is 18.2 Å². The summed E-state index contributed by atoms with van der Waals surface area (Å²) in [5.74, 6) is 2.28. The second kappa shape index (κ2) is 9.65. The third kappa shape index (κ3) is 6.46. The minimum absolute atomic E-state index is 0.647. The Kier molecular flexibility index (Phi) is 8.03. The van der Waals surface area contributed by atoms with Gasteiger partial charge in [0.2, 0.25) is 5.88 Å². The first-order valence-electron chi connectivity index (χ1n) is 7.63. The summed E-state index contributed by atoms with van der Waals surface area (Å²) in [6.07, 6.45) is 6.06. The second-order valence-electron chi connectivity index (χ2n) is 5.02. The fraction of sp³-hybridized carbons (Fsp3) is 0.688. The molecule has 1 heterocycles. The van der Waals surface area contributed by atoms with Gasteiger partial charge in [0.15, 0.2) is 0 Å². The Bertz CT molecular complexity index is 341. The highest BCUT2D eigenvalue weighted by atomic mass is 16.5. The van der Waals surface area contributed by atoms with Gasteiger partial charge >= 0.3 is 0 Å². The zero-order valence-electron chi connectivity index (χ0n) is 12.6. The molecule has 1 aromatic heterocycles. The van der Waals surface area contributed by atoms with Crippen LogP contribution < -0.4 is 10.1 Å². The molecule has 1 atom stereocenters. The van der Waals surface area contributed by atoms with Crippen molar-refractivity contribution in [1.82, 2.24) is 4.98 Å². The Balaban J connectivity index is 2.42. The Morgan fingerprint density at radius 1 is 1.21 bits per heavy atom. The Hall–Kier alpha value is -1.25. The van der Waals surface area contributed by atoms with E-state index in [1.165, 1.54) is 25.7 Å². The number of hydrogen-bond donors (Lipinski definition) is 1. The monoisotopic (exact) mass is 264 g/mol. The zero-order chi connectivity index (χ0) is 13.9. The summed E-state index contributed by atoms with van der Waals surface area (Å²) < 4.78 is 5.83. The number of anilines is 1. The summed E-state index contributed by atoms with van der Waals surface area (Å²) in [5.41, 5.74) is 0. The first-order chi connectivity index (χ1) is 9.30. The molecular formula is C16H28N2O. The molecule has 108 valence electrons. The van der Waals surface area contributed by atoms with Gasteiger partial charge in [-0.25, -0.2) is 0 Å². The standard InChI is InChI=1S/C16H28N2O/c1-4-7-9-14(6-3)13-19-16-11-8-10-15(18-16)17-12-5-2/h8,10-11,14H,4-7,9,12-13H2,1-3H3,(H,17,18). The lowest BCUT2D eigenvalue weighted by molar-refractivity contribution is 0.226. The van der Waals surface area contributed by atoms with E-state index >= 15 is 0 Å². The Morgan fingerprint density at radius 2 is 2.05 bits per heavy atom. The molecule has 3 heteroatoms. The molecule has 3 nitrogen and oxygen atoms in total. The molecule has 0 spiro atoms. The van der Waals surface area contributed by atoms with Crippen molar-refractivity contribution in [2.75, 3.05) is 18.5 Å². The van der Waals surface area contributed by atoms with E-state index < -0.39 is 0 Å². The maximum Gasteiger partial charge on any atom is 0.215 e. The predicted molar refractivity (Wildman–Crippen MR) is 81.8 cm³/mol. The first kappa shape index (κ1) is 15.8. The largest absolute Gasteiger partial charge is 0.477 e. The Morgan fingerprint density at radius 3 is 2.74 bits per heavy atom. The molecule has 0 radical (unpaired) electrons. The van der Waals surface area contributed by atoms with E-state index in [1.807, 2.05) is 18.2 Å². The van der Waals surface area contributed by atoms with Crippen LogP contribution in [0.5, 0.6) is 5.88 Å². The summed E-state index contributed by atoms with van der Waals surface area (Å²) in [5, 5.41) is 3.28. The molecule has 0 amide bonds. The quantitative estimate of drug-likeness (QED) is 0.675. The van der Waals surface area contributed by atoms with Crippen molar-refractivity contribution in [1.29, 1.82) is 0 Å². The topological polar surface area (TPSA) is 34.1 Å². The highest BCUT2D eigenvalue weighted by molar-refractivity contribution is 5.36. The van der Waals surface area contributed by atoms with Crippen molar-refractivity contribution < 1.29 is 4.74 Å². The molecule has 0 bridgehead atoms. The molecule has 19 heavy (non-hydrogen) atoms. The van der Waals surface area contributed by atoms with Crippen LogP contribution in [-0.4, -0.2) is 18.1 Å². The molecule has 0 aromatic carbocycles. The molecule has 0 fully saturated rings. The van der Waals surface area contributed by atoms with E-state index in [1.54, 1.807) is 0 Å². The summed E-state index contributed by atoms with van der Waals surface area (Å²) in [6, 6.07) is 5.91. The number of nitrogens with one attached hydrogen (secondary N) is 1. The maximum atomic E-state index is 5.83. The van der Waals surface area contributed by atoms with Gasteiger partial charge in [0.25, 0.3) is 0 Å². The second-order valence-corrected chi connectivity index (χ2v) is 5.02. The van der Waals surface area contributed by atoms with E-state index in [4.69, 9.17) is 4.74 Å². The minimum Gasteiger partial charge on any atom is -0.477 e. The van der Waals surface area contributed by atoms with Gasteiger partial charge in [-0.2, -0.15) is 4.98 Å². The van der Waals surface area contributed by atoms with Crippen LogP contribution in [0.2, 0.25) is 0 Å². The highest BCUT2D eigenvalue weighted by Gasteiger charge is 2.07. The van der Waals surface area contributed by atoms with Gasteiger partial charge in [-0.1, -0.05) is 46.1 Å². The number of aromatic nitrogens is 1. The highest BCUT2D eigenvalue weighted by Crippen LogP contribution is 2.16. The smallest absolute Gasteiger partial charge is 0.215 e. The molecule has 1 aromatic rings. The maximum absolute atomic E-state index is 5.83. The van der Waals surface area contributed by atoms with Crippen LogP contribution in [0.3, 0.4) is 0 Å². The van der Waals surface area contributed by atoms with Crippen molar-refractivity contribution in [3.05, 3.63) is 18.2 Å². The van der Waals surface area contributed by atoms with Gasteiger partial charge < -0.3 is 10.1 Å². The van der Waals surface area contributed by atoms with Crippen molar-refractivity contribution in [2.45, 2.75) is 52.9 Å². The summed E-state index contributed by atoms with van der Waals surface area (Å²) in [4.78, 5) is 4.46. The zero-order valence-corrected chi connectivity index (χ0v) is 12.6. The molecular weight excluding hydrogens is 236 g/mol. The van der Waals surface area contributed by atoms with Crippen molar-refractivity contribution in [3.63, 3.8) is 0 Å². The van der Waals surface area contributed by atoms with Crippen LogP contribution >= 0.6 is 0 Å². The number of unbranched alkanes of at least 4 members (excludes halogenated alkanes) is 1. The lowest BCUT2D eigenvalue weighted by atomic mass is 10.0. The van der Waals surface area contributed by atoms with Crippen LogP contribution in [0.25, 0.3) is 0 Å². The number of pyridine rings is 1. The van der Waals surface area contributed by atoms with Crippen molar-refractivity contribution in [2.24, 2.45) is 5.92 Å². The molecule has 0 saturated carbocycles. The molecule has 1 rings (SSSR count). The molecule has 1 unspecified atom stereocenters. The predicted octanol–water partition coefficient (Wildman–Crippen LogP) is 4.50. The number of rotatable bonds is 10. The number of nitrogens with zero attached hydrogens (tertiary/aromatic N) is 1. The van der Waals surface area contributed by atoms with Gasteiger partial charge in [0, 0.05) is 12.6 Å². The van der Waals surface area contributed by atoms with Crippen molar-refractivity contribution >= 4 is 5.82 Å². The van der Waals surface area contributed by atoms with E-state index in [-0.39, 0.29) is 0 Å². The van der Waals surface area contributed by atoms with E-state index in [0.717, 1.165) is 31.3 Å². The van der Waals surface area contributed by atoms with Gasteiger partial charge in [-0.05, 0) is 24.8 Å². The van der Waals surface area contributed by atoms with Crippen molar-refractivity contribution in [3.8, 4) is 5.88 Å². The molecule has 0 aliphatic carbocycles. The molecule has 1 N–H and O–H groups in total. The summed E-state index contributed by atoms with van der Waals surface area (Å²) in [7, 11) is 0.